The lowest BCUT2D eigenvalue weighted by atomic mass is 9.88. The maximum absolute atomic E-state index is 4.78. The van der Waals surface area contributed by atoms with E-state index in [1.807, 2.05) is 24.7 Å². The molecule has 0 bridgehead atoms. The highest BCUT2D eigenvalue weighted by atomic mass is 14.7. The fourth-order valence-electron chi connectivity index (χ4n) is 5.88. The van der Waals surface area contributed by atoms with Gasteiger partial charge < -0.3 is 0 Å². The van der Waals surface area contributed by atoms with Crippen LogP contribution >= 0.6 is 0 Å². The third kappa shape index (κ3) is 2.24. The molecule has 0 N–H and O–H groups in total. The van der Waals surface area contributed by atoms with E-state index in [1.54, 1.807) is 0 Å². The minimum Gasteiger partial charge on any atom is -0.264 e. The Morgan fingerprint density at radius 3 is 2.18 bits per heavy atom. The monoisotopic (exact) mass is 430 g/mol. The second-order valence-electron chi connectivity index (χ2n) is 9.02. The Balaban J connectivity index is 1.59. The first-order valence-corrected chi connectivity index (χ1v) is 11.6. The van der Waals surface area contributed by atoms with Gasteiger partial charge in [0.1, 0.15) is 0 Å². The van der Waals surface area contributed by atoms with Crippen LogP contribution in [0.15, 0.2) is 110 Å². The van der Waals surface area contributed by atoms with Crippen LogP contribution in [0.3, 0.4) is 0 Å². The molecule has 7 aromatic rings. The van der Waals surface area contributed by atoms with Crippen molar-refractivity contribution < 1.29 is 0 Å². The molecule has 0 spiro atoms. The number of fused-ring (bicyclic) bond motifs is 8. The second-order valence-corrected chi connectivity index (χ2v) is 9.02. The molecule has 0 saturated carbocycles. The molecule has 2 heteroatoms. The zero-order chi connectivity index (χ0) is 22.2. The van der Waals surface area contributed by atoms with Crippen molar-refractivity contribution in [3.05, 3.63) is 110 Å². The average Bonchev–Trinajstić information content (AvgIpc) is 3.23. The standard InChI is InChI=1S/C32H18N2/c1-2-8-21-20(7-1)26(22-9-3-6-19-13-15-33-18-30(19)22)16-28-24-11-4-10-23-25-12-5-14-34-32(25)29(31(23)24)17-27(21)28/h1-18H. The van der Waals surface area contributed by atoms with Gasteiger partial charge in [-0.1, -0.05) is 66.7 Å². The third-order valence-corrected chi connectivity index (χ3v) is 7.33. The van der Waals surface area contributed by atoms with Gasteiger partial charge in [-0.2, -0.15) is 0 Å². The van der Waals surface area contributed by atoms with Crippen molar-refractivity contribution in [2.24, 2.45) is 0 Å². The van der Waals surface area contributed by atoms with Crippen LogP contribution in [0.4, 0.5) is 0 Å². The Kier molecular flexibility index (Phi) is 3.42. The molecule has 0 unspecified atom stereocenters. The summed E-state index contributed by atoms with van der Waals surface area (Å²) >= 11 is 0. The van der Waals surface area contributed by atoms with E-state index >= 15 is 0 Å². The summed E-state index contributed by atoms with van der Waals surface area (Å²) in [5.74, 6) is 0. The highest BCUT2D eigenvalue weighted by Crippen LogP contribution is 2.50. The summed E-state index contributed by atoms with van der Waals surface area (Å²) in [4.78, 5) is 9.22. The van der Waals surface area contributed by atoms with Crippen molar-refractivity contribution in [3.8, 4) is 33.5 Å². The van der Waals surface area contributed by atoms with Gasteiger partial charge in [0.25, 0.3) is 0 Å². The molecule has 1 aliphatic rings. The van der Waals surface area contributed by atoms with Crippen LogP contribution in [0.5, 0.6) is 0 Å². The van der Waals surface area contributed by atoms with E-state index < -0.39 is 0 Å². The first-order chi connectivity index (χ1) is 16.9. The summed E-state index contributed by atoms with van der Waals surface area (Å²) < 4.78 is 0. The Morgan fingerprint density at radius 1 is 0.441 bits per heavy atom. The lowest BCUT2D eigenvalue weighted by Gasteiger charge is -2.15. The van der Waals surface area contributed by atoms with Crippen LogP contribution in [0.2, 0.25) is 0 Å². The molecule has 156 valence electrons. The van der Waals surface area contributed by atoms with Gasteiger partial charge in [0.05, 0.1) is 5.69 Å². The maximum atomic E-state index is 4.78. The highest BCUT2D eigenvalue weighted by Gasteiger charge is 2.24. The van der Waals surface area contributed by atoms with Crippen LogP contribution < -0.4 is 0 Å². The highest BCUT2D eigenvalue weighted by molar-refractivity contribution is 6.28. The van der Waals surface area contributed by atoms with Gasteiger partial charge in [-0.15, -0.1) is 0 Å². The number of benzene rings is 5. The quantitative estimate of drug-likeness (QED) is 0.244. The van der Waals surface area contributed by atoms with E-state index in [1.165, 1.54) is 70.9 Å². The van der Waals surface area contributed by atoms with Crippen LogP contribution in [-0.2, 0) is 0 Å². The smallest absolute Gasteiger partial charge is 0.0787 e. The number of nitrogens with zero attached hydrogens (tertiary/aromatic N) is 2. The lowest BCUT2D eigenvalue weighted by molar-refractivity contribution is 1.35. The van der Waals surface area contributed by atoms with Crippen molar-refractivity contribution in [2.75, 3.05) is 0 Å². The van der Waals surface area contributed by atoms with Gasteiger partial charge >= 0.3 is 0 Å². The molecule has 8 rings (SSSR count). The number of pyridine rings is 2. The molecular weight excluding hydrogens is 412 g/mol. The maximum Gasteiger partial charge on any atom is 0.0787 e. The van der Waals surface area contributed by atoms with Gasteiger partial charge in [0.2, 0.25) is 0 Å². The van der Waals surface area contributed by atoms with Gasteiger partial charge in [0, 0.05) is 35.1 Å². The summed E-state index contributed by atoms with van der Waals surface area (Å²) in [6, 6.07) is 33.0. The first kappa shape index (κ1) is 17.9. The normalized spacial score (nSPS) is 12.1. The zero-order valence-corrected chi connectivity index (χ0v) is 18.3. The molecule has 0 aliphatic heterocycles. The summed E-state index contributed by atoms with van der Waals surface area (Å²) in [5.41, 5.74) is 7.29. The molecule has 1 aliphatic carbocycles. The van der Waals surface area contributed by atoms with Crippen molar-refractivity contribution in [1.82, 2.24) is 9.97 Å². The summed E-state index contributed by atoms with van der Waals surface area (Å²) in [7, 11) is 0. The molecule has 2 heterocycles. The van der Waals surface area contributed by atoms with E-state index in [9.17, 15) is 0 Å². The van der Waals surface area contributed by atoms with Crippen molar-refractivity contribution in [1.29, 1.82) is 0 Å². The Morgan fingerprint density at radius 2 is 1.21 bits per heavy atom. The molecule has 2 aromatic heterocycles. The Labute approximate surface area is 196 Å². The van der Waals surface area contributed by atoms with Crippen LogP contribution in [0, 0.1) is 0 Å². The lowest BCUT2D eigenvalue weighted by Crippen LogP contribution is -1.89. The second kappa shape index (κ2) is 6.49. The first-order valence-electron chi connectivity index (χ1n) is 11.6. The SMILES string of the molecule is c1cnc2c(c1)-c1cccc3c1c-2cc1c2ccccc2c(-c2cccc4ccncc24)cc31. The number of rotatable bonds is 1. The van der Waals surface area contributed by atoms with E-state index in [0.717, 1.165) is 5.69 Å². The number of hydrogen-bond donors (Lipinski definition) is 0. The number of hydrogen-bond acceptors (Lipinski definition) is 2. The van der Waals surface area contributed by atoms with Crippen LogP contribution in [-0.4, -0.2) is 9.97 Å². The Bertz CT molecular complexity index is 1960. The third-order valence-electron chi connectivity index (χ3n) is 7.33. The molecule has 0 radical (unpaired) electrons. The number of aromatic nitrogens is 2. The van der Waals surface area contributed by atoms with Gasteiger partial charge in [-0.3, -0.25) is 9.97 Å². The van der Waals surface area contributed by atoms with E-state index in [2.05, 4.69) is 89.9 Å². The molecule has 2 nitrogen and oxygen atoms in total. The fourth-order valence-corrected chi connectivity index (χ4v) is 5.88. The minimum atomic E-state index is 1.09. The molecule has 5 aromatic carbocycles. The summed E-state index contributed by atoms with van der Waals surface area (Å²) in [5, 5.41) is 10.1. The van der Waals surface area contributed by atoms with Crippen LogP contribution in [0.1, 0.15) is 0 Å². The molecule has 34 heavy (non-hydrogen) atoms. The fraction of sp³-hybridized carbons (Fsp3) is 0. The van der Waals surface area contributed by atoms with Gasteiger partial charge in [0.15, 0.2) is 0 Å². The molecule has 0 amide bonds. The minimum absolute atomic E-state index is 1.09. The topological polar surface area (TPSA) is 25.8 Å². The van der Waals surface area contributed by atoms with Crippen molar-refractivity contribution in [2.45, 2.75) is 0 Å². The summed E-state index contributed by atoms with van der Waals surface area (Å²) in [6.45, 7) is 0. The molecule has 0 saturated heterocycles. The van der Waals surface area contributed by atoms with E-state index in [0.29, 0.717) is 0 Å². The van der Waals surface area contributed by atoms with E-state index in [-0.39, 0.29) is 0 Å². The molecule has 0 fully saturated rings. The van der Waals surface area contributed by atoms with Gasteiger partial charge in [-0.05, 0) is 78.7 Å². The average molecular weight is 431 g/mol. The van der Waals surface area contributed by atoms with Crippen molar-refractivity contribution in [3.63, 3.8) is 0 Å². The van der Waals surface area contributed by atoms with Crippen LogP contribution in [0.25, 0.3) is 76.6 Å². The Hall–Kier alpha value is -4.56. The predicted molar refractivity (Wildman–Crippen MR) is 142 cm³/mol. The molecular formula is C32H18N2. The molecule has 0 atom stereocenters. The van der Waals surface area contributed by atoms with E-state index in [4.69, 9.17) is 4.98 Å². The summed E-state index contributed by atoms with van der Waals surface area (Å²) in [6.07, 6.45) is 5.75. The van der Waals surface area contributed by atoms with Gasteiger partial charge in [-0.25, -0.2) is 0 Å². The predicted octanol–water partition coefficient (Wildman–Crippen LogP) is 8.40. The zero-order valence-electron chi connectivity index (χ0n) is 18.3. The largest absolute Gasteiger partial charge is 0.264 e. The van der Waals surface area contributed by atoms with Crippen molar-refractivity contribution >= 4 is 43.1 Å².